The average molecular weight is 360 g/mol. The molecular formula is C19H28N4O3. The molecule has 0 aliphatic rings. The van der Waals surface area contributed by atoms with Crippen molar-refractivity contribution >= 4 is 17.8 Å². The molecule has 1 aromatic carbocycles. The molecule has 0 radical (unpaired) electrons. The van der Waals surface area contributed by atoms with Crippen molar-refractivity contribution in [3.63, 3.8) is 0 Å². The summed E-state index contributed by atoms with van der Waals surface area (Å²) in [5, 5.41) is 10.9. The van der Waals surface area contributed by atoms with Gasteiger partial charge in [0.25, 0.3) is 0 Å². The lowest BCUT2D eigenvalue weighted by Gasteiger charge is -2.17. The molecule has 0 fully saturated rings. The standard InChI is InChI=1S/C19H28N4O3/c1-3-12-20-19(26)21-13-8-7-11-17(23-15(2)24)18(25)22-14-16-9-5-4-6-10-16/h3-6,9-10,17H,1,7-8,11-14H2,2H3,(H,22,25)(H,23,24)(H2,20,21,26). The summed E-state index contributed by atoms with van der Waals surface area (Å²) in [6.45, 7) is 6.25. The number of unbranched alkanes of at least 4 members (excludes halogenated alkanes) is 1. The Bertz CT molecular complexity index is 590. The lowest BCUT2D eigenvalue weighted by atomic mass is 10.1. The number of benzene rings is 1. The number of rotatable bonds is 11. The van der Waals surface area contributed by atoms with E-state index in [0.29, 0.717) is 38.9 Å². The van der Waals surface area contributed by atoms with Crippen LogP contribution < -0.4 is 21.3 Å². The molecule has 7 heteroatoms. The molecule has 0 bridgehead atoms. The first-order chi connectivity index (χ1) is 12.5. The first-order valence-electron chi connectivity index (χ1n) is 8.74. The highest BCUT2D eigenvalue weighted by molar-refractivity contribution is 5.86. The van der Waals surface area contributed by atoms with Crippen LogP contribution in [0.3, 0.4) is 0 Å². The second-order valence-corrected chi connectivity index (χ2v) is 5.88. The summed E-state index contributed by atoms with van der Waals surface area (Å²) >= 11 is 0. The van der Waals surface area contributed by atoms with Crippen molar-refractivity contribution in [2.24, 2.45) is 0 Å². The Labute approximate surface area is 154 Å². The monoisotopic (exact) mass is 360 g/mol. The molecule has 1 atom stereocenters. The van der Waals surface area contributed by atoms with Crippen molar-refractivity contribution in [1.29, 1.82) is 0 Å². The largest absolute Gasteiger partial charge is 0.350 e. The molecule has 0 saturated carbocycles. The van der Waals surface area contributed by atoms with Crippen molar-refractivity contribution in [3.8, 4) is 0 Å². The summed E-state index contributed by atoms with van der Waals surface area (Å²) in [5.41, 5.74) is 0.997. The van der Waals surface area contributed by atoms with Gasteiger partial charge in [-0.3, -0.25) is 9.59 Å². The second-order valence-electron chi connectivity index (χ2n) is 5.88. The van der Waals surface area contributed by atoms with Gasteiger partial charge in [-0.25, -0.2) is 4.79 Å². The summed E-state index contributed by atoms with van der Waals surface area (Å²) in [6, 6.07) is 8.76. The zero-order chi connectivity index (χ0) is 19.2. The minimum atomic E-state index is -0.578. The SMILES string of the molecule is C=CCNC(=O)NCCCCC(NC(C)=O)C(=O)NCc1ccccc1. The molecule has 1 unspecified atom stereocenters. The number of urea groups is 1. The van der Waals surface area contributed by atoms with Gasteiger partial charge in [0.1, 0.15) is 6.04 Å². The van der Waals surface area contributed by atoms with Gasteiger partial charge in [-0.2, -0.15) is 0 Å². The minimum absolute atomic E-state index is 0.208. The van der Waals surface area contributed by atoms with Crippen LogP contribution in [-0.4, -0.2) is 37.0 Å². The average Bonchev–Trinajstić information content (AvgIpc) is 2.63. The molecule has 0 aliphatic heterocycles. The Kier molecular flexibility index (Phi) is 10.2. The Morgan fingerprint density at radius 1 is 1.08 bits per heavy atom. The van der Waals surface area contributed by atoms with Gasteiger partial charge in [0.2, 0.25) is 11.8 Å². The van der Waals surface area contributed by atoms with E-state index >= 15 is 0 Å². The zero-order valence-electron chi connectivity index (χ0n) is 15.2. The van der Waals surface area contributed by atoms with Crippen molar-refractivity contribution in [2.75, 3.05) is 13.1 Å². The maximum Gasteiger partial charge on any atom is 0.315 e. The van der Waals surface area contributed by atoms with Crippen LogP contribution in [0.25, 0.3) is 0 Å². The normalized spacial score (nSPS) is 11.1. The van der Waals surface area contributed by atoms with Gasteiger partial charge in [-0.1, -0.05) is 36.4 Å². The van der Waals surface area contributed by atoms with Gasteiger partial charge < -0.3 is 21.3 Å². The lowest BCUT2D eigenvalue weighted by molar-refractivity contribution is -0.128. The quantitative estimate of drug-likeness (QED) is 0.355. The fourth-order valence-electron chi connectivity index (χ4n) is 2.33. The molecule has 4 N–H and O–H groups in total. The predicted octanol–water partition coefficient (Wildman–Crippen LogP) is 1.46. The fourth-order valence-corrected chi connectivity index (χ4v) is 2.33. The number of carbonyl (C=O) groups is 3. The Morgan fingerprint density at radius 3 is 2.46 bits per heavy atom. The topological polar surface area (TPSA) is 99.3 Å². The van der Waals surface area contributed by atoms with E-state index in [9.17, 15) is 14.4 Å². The fraction of sp³-hybridized carbons (Fsp3) is 0.421. The van der Waals surface area contributed by atoms with E-state index < -0.39 is 6.04 Å². The smallest absolute Gasteiger partial charge is 0.315 e. The van der Waals surface area contributed by atoms with Crippen molar-refractivity contribution in [1.82, 2.24) is 21.3 Å². The number of hydrogen-bond donors (Lipinski definition) is 4. The molecule has 0 spiro atoms. The van der Waals surface area contributed by atoms with Crippen LogP contribution in [0.2, 0.25) is 0 Å². The summed E-state index contributed by atoms with van der Waals surface area (Å²) in [4.78, 5) is 35.1. The highest BCUT2D eigenvalue weighted by atomic mass is 16.2. The summed E-state index contributed by atoms with van der Waals surface area (Å²) in [7, 11) is 0. The van der Waals surface area contributed by atoms with E-state index in [1.54, 1.807) is 6.08 Å². The maximum atomic E-state index is 12.3. The molecule has 0 saturated heterocycles. The van der Waals surface area contributed by atoms with Crippen LogP contribution in [-0.2, 0) is 16.1 Å². The van der Waals surface area contributed by atoms with E-state index in [0.717, 1.165) is 5.56 Å². The molecular weight excluding hydrogens is 332 g/mol. The van der Waals surface area contributed by atoms with E-state index in [1.165, 1.54) is 6.92 Å². The summed E-state index contributed by atoms with van der Waals surface area (Å²) in [5.74, 6) is -0.451. The van der Waals surface area contributed by atoms with Gasteiger partial charge in [0, 0.05) is 26.6 Å². The van der Waals surface area contributed by atoms with E-state index in [2.05, 4.69) is 27.8 Å². The van der Waals surface area contributed by atoms with Crippen molar-refractivity contribution in [2.45, 2.75) is 38.8 Å². The predicted molar refractivity (Wildman–Crippen MR) is 101 cm³/mol. The van der Waals surface area contributed by atoms with Gasteiger partial charge in [0.05, 0.1) is 0 Å². The zero-order valence-corrected chi connectivity index (χ0v) is 15.2. The molecule has 26 heavy (non-hydrogen) atoms. The molecule has 0 aromatic heterocycles. The molecule has 142 valence electrons. The number of amides is 4. The third-order valence-electron chi connectivity index (χ3n) is 3.62. The second kappa shape index (κ2) is 12.5. The highest BCUT2D eigenvalue weighted by Crippen LogP contribution is 2.03. The first-order valence-corrected chi connectivity index (χ1v) is 8.74. The minimum Gasteiger partial charge on any atom is -0.350 e. The Hall–Kier alpha value is -2.83. The van der Waals surface area contributed by atoms with Crippen LogP contribution in [0.4, 0.5) is 4.79 Å². The van der Waals surface area contributed by atoms with E-state index in [1.807, 2.05) is 30.3 Å². The Morgan fingerprint density at radius 2 is 1.81 bits per heavy atom. The van der Waals surface area contributed by atoms with Crippen molar-refractivity contribution in [3.05, 3.63) is 48.6 Å². The van der Waals surface area contributed by atoms with Crippen LogP contribution >= 0.6 is 0 Å². The summed E-state index contributed by atoms with van der Waals surface area (Å²) in [6.07, 6.45) is 3.52. The third-order valence-corrected chi connectivity index (χ3v) is 3.62. The van der Waals surface area contributed by atoms with Crippen LogP contribution in [0, 0.1) is 0 Å². The van der Waals surface area contributed by atoms with E-state index in [-0.39, 0.29) is 17.8 Å². The van der Waals surface area contributed by atoms with Gasteiger partial charge in [-0.05, 0) is 24.8 Å². The third kappa shape index (κ3) is 9.46. The van der Waals surface area contributed by atoms with Gasteiger partial charge in [0.15, 0.2) is 0 Å². The Balaban J connectivity index is 2.33. The lowest BCUT2D eigenvalue weighted by Crippen LogP contribution is -2.45. The van der Waals surface area contributed by atoms with Crippen LogP contribution in [0.5, 0.6) is 0 Å². The van der Waals surface area contributed by atoms with Gasteiger partial charge in [-0.15, -0.1) is 6.58 Å². The van der Waals surface area contributed by atoms with Crippen LogP contribution in [0.1, 0.15) is 31.7 Å². The summed E-state index contributed by atoms with van der Waals surface area (Å²) < 4.78 is 0. The van der Waals surface area contributed by atoms with E-state index in [4.69, 9.17) is 0 Å². The highest BCUT2D eigenvalue weighted by Gasteiger charge is 2.18. The van der Waals surface area contributed by atoms with Gasteiger partial charge >= 0.3 is 6.03 Å². The molecule has 1 rings (SSSR count). The molecule has 1 aromatic rings. The number of carbonyl (C=O) groups excluding carboxylic acids is 3. The molecule has 0 heterocycles. The van der Waals surface area contributed by atoms with Crippen molar-refractivity contribution < 1.29 is 14.4 Å². The van der Waals surface area contributed by atoms with Crippen LogP contribution in [0.15, 0.2) is 43.0 Å². The maximum absolute atomic E-state index is 12.3. The number of hydrogen-bond acceptors (Lipinski definition) is 3. The molecule has 0 aliphatic carbocycles. The first kappa shape index (κ1) is 21.2. The number of nitrogens with one attached hydrogen (secondary N) is 4. The molecule has 7 nitrogen and oxygen atoms in total. The molecule has 4 amide bonds.